The molecule has 0 fully saturated rings. The molecule has 1 rings (SSSR count). The molecule has 1 amide bonds. The molecule has 29 heavy (non-hydrogen) atoms. The lowest BCUT2D eigenvalue weighted by Crippen LogP contribution is -2.34. The van der Waals surface area contributed by atoms with Crippen LogP contribution in [0.1, 0.15) is 39.4 Å². The van der Waals surface area contributed by atoms with Gasteiger partial charge in [0.2, 0.25) is 5.91 Å². The largest absolute Gasteiger partial charge is 0.465 e. The first kappa shape index (κ1) is 24.3. The SMILES string of the molecule is C=CCOC(=O)c1sc(NC(=O)CN(C)CC(=O)OCC)c(C(=O)OCC)c1C. The van der Waals surface area contributed by atoms with Gasteiger partial charge < -0.3 is 19.5 Å². The Morgan fingerprint density at radius 2 is 1.72 bits per heavy atom. The van der Waals surface area contributed by atoms with Gasteiger partial charge in [0.05, 0.1) is 31.9 Å². The minimum absolute atomic E-state index is 0.0191. The second-order valence-electron chi connectivity index (χ2n) is 5.89. The minimum Gasteiger partial charge on any atom is -0.465 e. The van der Waals surface area contributed by atoms with E-state index in [0.717, 1.165) is 11.3 Å². The number of ether oxygens (including phenoxy) is 3. The average molecular weight is 426 g/mol. The van der Waals surface area contributed by atoms with Crippen LogP contribution >= 0.6 is 11.3 Å². The molecule has 0 atom stereocenters. The van der Waals surface area contributed by atoms with Crippen LogP contribution in [-0.4, -0.2) is 68.7 Å². The van der Waals surface area contributed by atoms with Crippen molar-refractivity contribution in [2.24, 2.45) is 0 Å². The van der Waals surface area contributed by atoms with Crippen LogP contribution < -0.4 is 5.32 Å². The van der Waals surface area contributed by atoms with Gasteiger partial charge in [-0.15, -0.1) is 11.3 Å². The van der Waals surface area contributed by atoms with Crippen molar-refractivity contribution in [3.05, 3.63) is 28.7 Å². The summed E-state index contributed by atoms with van der Waals surface area (Å²) in [5, 5.41) is 2.80. The normalized spacial score (nSPS) is 10.4. The fourth-order valence-corrected chi connectivity index (χ4v) is 3.44. The van der Waals surface area contributed by atoms with Crippen LogP contribution in [0.2, 0.25) is 0 Å². The quantitative estimate of drug-likeness (QED) is 0.325. The molecule has 160 valence electrons. The van der Waals surface area contributed by atoms with E-state index in [1.807, 2.05) is 0 Å². The van der Waals surface area contributed by atoms with Gasteiger partial charge in [-0.05, 0) is 33.4 Å². The third-order valence-electron chi connectivity index (χ3n) is 3.51. The van der Waals surface area contributed by atoms with Gasteiger partial charge in [-0.3, -0.25) is 14.5 Å². The molecule has 10 heteroatoms. The highest BCUT2D eigenvalue weighted by atomic mass is 32.1. The van der Waals surface area contributed by atoms with Crippen molar-refractivity contribution in [1.82, 2.24) is 4.90 Å². The smallest absolute Gasteiger partial charge is 0.348 e. The molecule has 0 aliphatic rings. The van der Waals surface area contributed by atoms with Crippen molar-refractivity contribution in [2.75, 3.05) is 45.3 Å². The Kier molecular flexibility index (Phi) is 10.0. The number of anilines is 1. The summed E-state index contributed by atoms with van der Waals surface area (Å²) in [5.74, 6) is -2.19. The zero-order chi connectivity index (χ0) is 22.0. The van der Waals surface area contributed by atoms with Crippen LogP contribution in [0.4, 0.5) is 5.00 Å². The van der Waals surface area contributed by atoms with E-state index in [2.05, 4.69) is 11.9 Å². The summed E-state index contributed by atoms with van der Waals surface area (Å²) in [6.07, 6.45) is 1.43. The topological polar surface area (TPSA) is 111 Å². The van der Waals surface area contributed by atoms with Gasteiger partial charge >= 0.3 is 17.9 Å². The van der Waals surface area contributed by atoms with E-state index in [1.54, 1.807) is 27.8 Å². The monoisotopic (exact) mass is 426 g/mol. The second kappa shape index (κ2) is 12.0. The predicted octanol–water partition coefficient (Wildman–Crippen LogP) is 2.01. The Morgan fingerprint density at radius 1 is 1.07 bits per heavy atom. The zero-order valence-corrected chi connectivity index (χ0v) is 17.8. The maximum absolute atomic E-state index is 12.4. The van der Waals surface area contributed by atoms with E-state index >= 15 is 0 Å². The Balaban J connectivity index is 3.01. The molecular weight excluding hydrogens is 400 g/mol. The molecule has 0 aliphatic carbocycles. The Bertz CT molecular complexity index is 773. The van der Waals surface area contributed by atoms with Crippen LogP contribution in [0.15, 0.2) is 12.7 Å². The lowest BCUT2D eigenvalue weighted by atomic mass is 10.1. The number of esters is 3. The Morgan fingerprint density at radius 3 is 2.31 bits per heavy atom. The number of carbonyl (C=O) groups excluding carboxylic acids is 4. The molecule has 0 saturated carbocycles. The van der Waals surface area contributed by atoms with E-state index in [-0.39, 0.29) is 48.4 Å². The van der Waals surface area contributed by atoms with Crippen molar-refractivity contribution in [3.8, 4) is 0 Å². The molecule has 9 nitrogen and oxygen atoms in total. The molecule has 0 aliphatic heterocycles. The number of nitrogens with zero attached hydrogens (tertiary/aromatic N) is 1. The number of thiophene rings is 1. The molecule has 0 radical (unpaired) electrons. The predicted molar refractivity (Wildman–Crippen MR) is 108 cm³/mol. The van der Waals surface area contributed by atoms with Crippen LogP contribution in [-0.2, 0) is 23.8 Å². The van der Waals surface area contributed by atoms with E-state index in [4.69, 9.17) is 14.2 Å². The number of nitrogens with one attached hydrogen (secondary N) is 1. The van der Waals surface area contributed by atoms with Crippen LogP contribution in [0.25, 0.3) is 0 Å². The first-order valence-electron chi connectivity index (χ1n) is 8.97. The van der Waals surface area contributed by atoms with Crippen LogP contribution in [0, 0.1) is 6.92 Å². The lowest BCUT2D eigenvalue weighted by Gasteiger charge is -2.15. The number of hydrogen-bond donors (Lipinski definition) is 1. The number of carbonyl (C=O) groups is 4. The van der Waals surface area contributed by atoms with Gasteiger partial charge in [0, 0.05) is 0 Å². The first-order valence-corrected chi connectivity index (χ1v) is 9.79. The summed E-state index contributed by atoms with van der Waals surface area (Å²) in [4.78, 5) is 50.1. The van der Waals surface area contributed by atoms with Crippen molar-refractivity contribution < 1.29 is 33.4 Å². The van der Waals surface area contributed by atoms with Crippen molar-refractivity contribution in [1.29, 1.82) is 0 Å². The van der Waals surface area contributed by atoms with E-state index in [1.165, 1.54) is 11.0 Å². The summed E-state index contributed by atoms with van der Waals surface area (Å²) in [6.45, 7) is 8.64. The van der Waals surface area contributed by atoms with Crippen molar-refractivity contribution >= 4 is 40.2 Å². The Hall–Kier alpha value is -2.72. The minimum atomic E-state index is -0.654. The summed E-state index contributed by atoms with van der Waals surface area (Å²) in [6, 6.07) is 0. The third-order valence-corrected chi connectivity index (χ3v) is 4.70. The highest BCUT2D eigenvalue weighted by Crippen LogP contribution is 2.34. The number of rotatable bonds is 11. The molecule has 0 bridgehead atoms. The summed E-state index contributed by atoms with van der Waals surface area (Å²) >= 11 is 0.925. The molecule has 0 unspecified atom stereocenters. The number of likely N-dealkylation sites (N-methyl/N-ethyl adjacent to an activating group) is 1. The Labute approximate surface area is 173 Å². The third kappa shape index (κ3) is 7.31. The second-order valence-corrected chi connectivity index (χ2v) is 6.91. The van der Waals surface area contributed by atoms with Gasteiger partial charge in [-0.1, -0.05) is 12.7 Å². The standard InChI is InChI=1S/C19H26N2O7S/c1-6-9-28-19(25)16-12(4)15(18(24)27-8-3)17(29-16)20-13(22)10-21(5)11-14(23)26-7-2/h6H,1,7-11H2,2-5H3,(H,20,22). The molecule has 1 heterocycles. The molecule has 1 aromatic heterocycles. The first-order chi connectivity index (χ1) is 13.7. The van der Waals surface area contributed by atoms with Crippen molar-refractivity contribution in [3.63, 3.8) is 0 Å². The van der Waals surface area contributed by atoms with Gasteiger partial charge in [0.25, 0.3) is 0 Å². The van der Waals surface area contributed by atoms with Gasteiger partial charge in [0.1, 0.15) is 16.5 Å². The maximum atomic E-state index is 12.4. The van der Waals surface area contributed by atoms with Crippen LogP contribution in [0.5, 0.6) is 0 Å². The highest BCUT2D eigenvalue weighted by molar-refractivity contribution is 7.18. The number of amides is 1. The fourth-order valence-electron chi connectivity index (χ4n) is 2.34. The lowest BCUT2D eigenvalue weighted by molar-refractivity contribution is -0.144. The molecule has 0 aromatic carbocycles. The summed E-state index contributed by atoms with van der Waals surface area (Å²) in [5.41, 5.74) is 0.460. The maximum Gasteiger partial charge on any atom is 0.348 e. The highest BCUT2D eigenvalue weighted by Gasteiger charge is 2.27. The van der Waals surface area contributed by atoms with E-state index in [0.29, 0.717) is 5.56 Å². The molecule has 1 N–H and O–H groups in total. The van der Waals surface area contributed by atoms with Gasteiger partial charge in [0.15, 0.2) is 0 Å². The van der Waals surface area contributed by atoms with Gasteiger partial charge in [-0.2, -0.15) is 0 Å². The summed E-state index contributed by atoms with van der Waals surface area (Å²) < 4.78 is 14.9. The van der Waals surface area contributed by atoms with E-state index < -0.39 is 23.8 Å². The molecular formula is C19H26N2O7S. The van der Waals surface area contributed by atoms with Crippen molar-refractivity contribution in [2.45, 2.75) is 20.8 Å². The van der Waals surface area contributed by atoms with E-state index in [9.17, 15) is 19.2 Å². The number of hydrogen-bond acceptors (Lipinski definition) is 9. The summed E-state index contributed by atoms with van der Waals surface area (Å²) in [7, 11) is 1.58. The van der Waals surface area contributed by atoms with Crippen LogP contribution in [0.3, 0.4) is 0 Å². The molecule has 1 aromatic rings. The van der Waals surface area contributed by atoms with Gasteiger partial charge in [-0.25, -0.2) is 9.59 Å². The zero-order valence-electron chi connectivity index (χ0n) is 17.0. The average Bonchev–Trinajstić information content (AvgIpc) is 2.95. The fraction of sp³-hybridized carbons (Fsp3) is 0.474. The molecule has 0 saturated heterocycles. The molecule has 0 spiro atoms.